The first-order valence-corrected chi connectivity index (χ1v) is 6.81. The van der Waals surface area contributed by atoms with E-state index in [1.807, 2.05) is 6.92 Å². The SMILES string of the molecule is CC#CCCC(NCC)C(C)(C)c1ccccc1. The average Bonchev–Trinajstić information content (AvgIpc) is 2.39. The van der Waals surface area contributed by atoms with E-state index in [0.717, 1.165) is 19.4 Å². The van der Waals surface area contributed by atoms with E-state index in [1.165, 1.54) is 5.56 Å². The Bertz CT molecular complexity index is 395. The summed E-state index contributed by atoms with van der Waals surface area (Å²) in [7, 11) is 0. The molecule has 0 radical (unpaired) electrons. The van der Waals surface area contributed by atoms with Gasteiger partial charge in [0.05, 0.1) is 0 Å². The van der Waals surface area contributed by atoms with Gasteiger partial charge in [0.15, 0.2) is 0 Å². The third-order valence-electron chi connectivity index (χ3n) is 3.57. The van der Waals surface area contributed by atoms with E-state index in [4.69, 9.17) is 0 Å². The van der Waals surface area contributed by atoms with Crippen LogP contribution in [0.25, 0.3) is 0 Å². The highest BCUT2D eigenvalue weighted by Gasteiger charge is 2.29. The van der Waals surface area contributed by atoms with Crippen LogP contribution in [0.4, 0.5) is 0 Å². The maximum Gasteiger partial charge on any atom is 0.0168 e. The number of hydrogen-bond donors (Lipinski definition) is 1. The van der Waals surface area contributed by atoms with Crippen LogP contribution in [0.2, 0.25) is 0 Å². The zero-order chi connectivity index (χ0) is 13.4. The van der Waals surface area contributed by atoms with E-state index in [-0.39, 0.29) is 5.41 Å². The molecular formula is C17H25N. The lowest BCUT2D eigenvalue weighted by atomic mass is 9.76. The molecule has 1 atom stereocenters. The van der Waals surface area contributed by atoms with Crippen molar-refractivity contribution >= 4 is 0 Å². The van der Waals surface area contributed by atoms with Crippen molar-refractivity contribution in [2.24, 2.45) is 0 Å². The molecule has 1 heteroatoms. The molecule has 0 saturated carbocycles. The number of likely N-dealkylation sites (N-methyl/N-ethyl adjacent to an activating group) is 1. The molecule has 1 aromatic rings. The lowest BCUT2D eigenvalue weighted by molar-refractivity contribution is 0.330. The fraction of sp³-hybridized carbons (Fsp3) is 0.529. The van der Waals surface area contributed by atoms with Crippen LogP contribution in [0, 0.1) is 11.8 Å². The number of hydrogen-bond acceptors (Lipinski definition) is 1. The second kappa shape index (κ2) is 7.24. The Balaban J connectivity index is 2.84. The molecule has 1 aromatic carbocycles. The molecule has 1 nitrogen and oxygen atoms in total. The Labute approximate surface area is 112 Å². The van der Waals surface area contributed by atoms with Gasteiger partial charge in [-0.15, -0.1) is 11.8 Å². The van der Waals surface area contributed by atoms with Crippen molar-refractivity contribution in [3.8, 4) is 11.8 Å². The molecule has 0 amide bonds. The summed E-state index contributed by atoms with van der Waals surface area (Å²) >= 11 is 0. The molecule has 0 saturated heterocycles. The molecule has 1 N–H and O–H groups in total. The van der Waals surface area contributed by atoms with Crippen molar-refractivity contribution in [2.45, 2.75) is 52.0 Å². The standard InChI is InChI=1S/C17H25N/c1-5-7-9-14-16(18-6-2)17(3,4)15-12-10-8-11-13-15/h8,10-13,16,18H,6,9,14H2,1-4H3. The zero-order valence-corrected chi connectivity index (χ0v) is 12.1. The van der Waals surface area contributed by atoms with Gasteiger partial charge < -0.3 is 5.32 Å². The van der Waals surface area contributed by atoms with E-state index in [1.54, 1.807) is 0 Å². The van der Waals surface area contributed by atoms with Crippen LogP contribution in [-0.4, -0.2) is 12.6 Å². The van der Waals surface area contributed by atoms with Crippen molar-refractivity contribution in [3.05, 3.63) is 35.9 Å². The first kappa shape index (κ1) is 14.8. The van der Waals surface area contributed by atoms with Gasteiger partial charge in [-0.25, -0.2) is 0 Å². The lowest BCUT2D eigenvalue weighted by Gasteiger charge is -2.35. The molecule has 0 heterocycles. The summed E-state index contributed by atoms with van der Waals surface area (Å²) in [5, 5.41) is 3.61. The largest absolute Gasteiger partial charge is 0.313 e. The van der Waals surface area contributed by atoms with E-state index in [0.29, 0.717) is 6.04 Å². The third kappa shape index (κ3) is 3.89. The normalized spacial score (nSPS) is 12.7. The highest BCUT2D eigenvalue weighted by atomic mass is 14.9. The first-order valence-electron chi connectivity index (χ1n) is 6.81. The predicted octanol–water partition coefficient (Wildman–Crippen LogP) is 3.75. The monoisotopic (exact) mass is 243 g/mol. The van der Waals surface area contributed by atoms with Crippen LogP contribution in [0.5, 0.6) is 0 Å². The molecule has 1 unspecified atom stereocenters. The molecule has 0 bridgehead atoms. The molecular weight excluding hydrogens is 218 g/mol. The van der Waals surface area contributed by atoms with Gasteiger partial charge in [-0.1, -0.05) is 51.1 Å². The van der Waals surface area contributed by atoms with Crippen LogP contribution < -0.4 is 5.32 Å². The molecule has 1 rings (SSSR count). The van der Waals surface area contributed by atoms with Crippen molar-refractivity contribution in [1.82, 2.24) is 5.32 Å². The molecule has 0 spiro atoms. The van der Waals surface area contributed by atoms with Gasteiger partial charge in [0.25, 0.3) is 0 Å². The summed E-state index contributed by atoms with van der Waals surface area (Å²) in [4.78, 5) is 0. The minimum Gasteiger partial charge on any atom is -0.313 e. The summed E-state index contributed by atoms with van der Waals surface area (Å²) in [6.07, 6.45) is 2.06. The maximum atomic E-state index is 3.61. The van der Waals surface area contributed by atoms with Gasteiger partial charge in [0, 0.05) is 17.9 Å². The summed E-state index contributed by atoms with van der Waals surface area (Å²) in [5.41, 5.74) is 1.52. The Morgan fingerprint density at radius 1 is 1.22 bits per heavy atom. The fourth-order valence-corrected chi connectivity index (χ4v) is 2.37. The Morgan fingerprint density at radius 2 is 1.89 bits per heavy atom. The van der Waals surface area contributed by atoms with Gasteiger partial charge >= 0.3 is 0 Å². The van der Waals surface area contributed by atoms with E-state index >= 15 is 0 Å². The van der Waals surface area contributed by atoms with E-state index < -0.39 is 0 Å². The van der Waals surface area contributed by atoms with E-state index in [2.05, 4.69) is 68.3 Å². The smallest absolute Gasteiger partial charge is 0.0168 e. The van der Waals surface area contributed by atoms with Crippen LogP contribution >= 0.6 is 0 Å². The van der Waals surface area contributed by atoms with Gasteiger partial charge in [0.1, 0.15) is 0 Å². The van der Waals surface area contributed by atoms with Gasteiger partial charge in [-0.2, -0.15) is 0 Å². The highest BCUT2D eigenvalue weighted by Crippen LogP contribution is 2.29. The third-order valence-corrected chi connectivity index (χ3v) is 3.57. The highest BCUT2D eigenvalue weighted by molar-refractivity contribution is 5.26. The summed E-state index contributed by atoms with van der Waals surface area (Å²) in [6, 6.07) is 11.2. The average molecular weight is 243 g/mol. The summed E-state index contributed by atoms with van der Waals surface area (Å²) in [6.45, 7) is 9.70. The van der Waals surface area contributed by atoms with Crippen LogP contribution in [-0.2, 0) is 5.41 Å². The molecule has 0 fully saturated rings. The molecule has 98 valence electrons. The fourth-order valence-electron chi connectivity index (χ4n) is 2.37. The van der Waals surface area contributed by atoms with Crippen LogP contribution in [0.15, 0.2) is 30.3 Å². The Hall–Kier alpha value is -1.26. The van der Waals surface area contributed by atoms with Crippen LogP contribution in [0.3, 0.4) is 0 Å². The quantitative estimate of drug-likeness (QED) is 0.750. The molecule has 0 aliphatic carbocycles. The second-order valence-electron chi connectivity index (χ2n) is 5.16. The lowest BCUT2D eigenvalue weighted by Crippen LogP contribution is -2.44. The topological polar surface area (TPSA) is 12.0 Å². The van der Waals surface area contributed by atoms with E-state index in [9.17, 15) is 0 Å². The second-order valence-corrected chi connectivity index (χ2v) is 5.16. The predicted molar refractivity (Wildman–Crippen MR) is 79.6 cm³/mol. The molecule has 0 aliphatic heterocycles. The Morgan fingerprint density at radius 3 is 2.44 bits per heavy atom. The Kier molecular flexibility index (Phi) is 5.95. The maximum absolute atomic E-state index is 3.61. The number of benzene rings is 1. The number of nitrogens with one attached hydrogen (secondary N) is 1. The molecule has 18 heavy (non-hydrogen) atoms. The van der Waals surface area contributed by atoms with Gasteiger partial charge in [-0.3, -0.25) is 0 Å². The zero-order valence-electron chi connectivity index (χ0n) is 12.1. The number of rotatable bonds is 6. The van der Waals surface area contributed by atoms with Crippen molar-refractivity contribution in [1.29, 1.82) is 0 Å². The van der Waals surface area contributed by atoms with Crippen molar-refractivity contribution < 1.29 is 0 Å². The van der Waals surface area contributed by atoms with Gasteiger partial charge in [-0.05, 0) is 25.5 Å². The van der Waals surface area contributed by atoms with Crippen molar-refractivity contribution in [3.63, 3.8) is 0 Å². The molecule has 0 aliphatic rings. The minimum atomic E-state index is 0.132. The van der Waals surface area contributed by atoms with Crippen molar-refractivity contribution in [2.75, 3.05) is 6.54 Å². The summed E-state index contributed by atoms with van der Waals surface area (Å²) in [5.74, 6) is 6.15. The minimum absolute atomic E-state index is 0.132. The van der Waals surface area contributed by atoms with Gasteiger partial charge in [0.2, 0.25) is 0 Å². The summed E-state index contributed by atoms with van der Waals surface area (Å²) < 4.78 is 0. The molecule has 0 aromatic heterocycles. The van der Waals surface area contributed by atoms with Crippen LogP contribution in [0.1, 0.15) is 46.1 Å². The first-order chi connectivity index (χ1) is 8.62.